The Morgan fingerprint density at radius 3 is 2.48 bits per heavy atom. The highest BCUT2D eigenvalue weighted by atomic mass is 35.5. The summed E-state index contributed by atoms with van der Waals surface area (Å²) < 4.78 is 19.0. The molecule has 1 heterocycles. The van der Waals surface area contributed by atoms with Crippen molar-refractivity contribution >= 4 is 34.8 Å². The molecule has 0 aliphatic heterocycles. The largest absolute Gasteiger partial charge is 0.451 e. The predicted molar refractivity (Wildman–Crippen MR) is 119 cm³/mol. The number of rotatable bonds is 5. The first kappa shape index (κ1) is 21.1. The first-order chi connectivity index (χ1) is 14.9. The normalized spacial score (nSPS) is 11.9. The van der Waals surface area contributed by atoms with Gasteiger partial charge in [0.2, 0.25) is 0 Å². The summed E-state index contributed by atoms with van der Waals surface area (Å²) in [6.45, 7) is 0. The molecule has 2 N–H and O–H groups in total. The zero-order valence-corrected chi connectivity index (χ0v) is 17.5. The Hall–Kier alpha value is -3.12. The van der Waals surface area contributed by atoms with E-state index in [1.165, 1.54) is 24.3 Å². The number of aliphatic hydroxyl groups excluding tert-OH is 1. The molecule has 1 unspecified atom stereocenters. The van der Waals surface area contributed by atoms with Crippen LogP contribution in [-0.4, -0.2) is 11.0 Å². The van der Waals surface area contributed by atoms with Crippen molar-refractivity contribution in [3.05, 3.63) is 112 Å². The third kappa shape index (κ3) is 4.64. The number of benzene rings is 3. The number of halogens is 3. The van der Waals surface area contributed by atoms with E-state index in [9.17, 15) is 14.3 Å². The minimum absolute atomic E-state index is 0.0411. The topological polar surface area (TPSA) is 62.5 Å². The standard InChI is InChI=1S/C24H16Cl2FNO3/c25-16-7-9-20(17(13-16)23(29)14-4-2-1-3-5-14)28-24(30)22-11-10-21(31-22)15-6-8-19(27)18(26)12-15/h1-13,23,29H,(H,28,30). The van der Waals surface area contributed by atoms with Crippen LogP contribution in [0.1, 0.15) is 27.8 Å². The summed E-state index contributed by atoms with van der Waals surface area (Å²) in [5.41, 5.74) is 2.04. The molecule has 0 aliphatic rings. The average molecular weight is 456 g/mol. The van der Waals surface area contributed by atoms with Crippen LogP contribution in [0.15, 0.2) is 83.3 Å². The smallest absolute Gasteiger partial charge is 0.291 e. The number of furan rings is 1. The molecule has 0 bridgehead atoms. The van der Waals surface area contributed by atoms with E-state index in [1.54, 1.807) is 36.4 Å². The molecule has 0 saturated carbocycles. The van der Waals surface area contributed by atoms with Crippen molar-refractivity contribution in [1.29, 1.82) is 0 Å². The summed E-state index contributed by atoms with van der Waals surface area (Å²) in [5, 5.41) is 13.9. The van der Waals surface area contributed by atoms with Crippen LogP contribution >= 0.6 is 23.2 Å². The Morgan fingerprint density at radius 2 is 1.74 bits per heavy atom. The van der Waals surface area contributed by atoms with Gasteiger partial charge in [0, 0.05) is 21.8 Å². The maximum Gasteiger partial charge on any atom is 0.291 e. The van der Waals surface area contributed by atoms with Crippen LogP contribution in [0.25, 0.3) is 11.3 Å². The number of aliphatic hydroxyl groups is 1. The van der Waals surface area contributed by atoms with Gasteiger partial charge < -0.3 is 14.8 Å². The van der Waals surface area contributed by atoms with Crippen LogP contribution in [0.2, 0.25) is 10.0 Å². The summed E-state index contributed by atoms with van der Waals surface area (Å²) in [7, 11) is 0. The van der Waals surface area contributed by atoms with Crippen LogP contribution < -0.4 is 5.32 Å². The van der Waals surface area contributed by atoms with Crippen LogP contribution in [0.4, 0.5) is 10.1 Å². The average Bonchev–Trinajstić information content (AvgIpc) is 3.27. The maximum absolute atomic E-state index is 13.4. The van der Waals surface area contributed by atoms with Gasteiger partial charge in [-0.15, -0.1) is 0 Å². The number of carbonyl (C=O) groups excluding carboxylic acids is 1. The molecule has 4 rings (SSSR count). The lowest BCUT2D eigenvalue weighted by atomic mass is 10.00. The van der Waals surface area contributed by atoms with E-state index in [0.29, 0.717) is 33.2 Å². The monoisotopic (exact) mass is 455 g/mol. The first-order valence-corrected chi connectivity index (χ1v) is 10.1. The summed E-state index contributed by atoms with van der Waals surface area (Å²) >= 11 is 11.9. The van der Waals surface area contributed by atoms with E-state index in [1.807, 2.05) is 18.2 Å². The maximum atomic E-state index is 13.4. The number of anilines is 1. The van der Waals surface area contributed by atoms with Gasteiger partial charge in [-0.1, -0.05) is 53.5 Å². The lowest BCUT2D eigenvalue weighted by molar-refractivity contribution is 0.0997. The number of hydrogen-bond donors (Lipinski definition) is 2. The summed E-state index contributed by atoms with van der Waals surface area (Å²) in [5.74, 6) is -0.635. The van der Waals surface area contributed by atoms with Gasteiger partial charge in [0.1, 0.15) is 17.7 Å². The highest BCUT2D eigenvalue weighted by molar-refractivity contribution is 6.31. The van der Waals surface area contributed by atoms with E-state index in [2.05, 4.69) is 5.32 Å². The minimum Gasteiger partial charge on any atom is -0.451 e. The van der Waals surface area contributed by atoms with E-state index < -0.39 is 17.8 Å². The molecule has 1 atom stereocenters. The molecule has 0 radical (unpaired) electrons. The number of nitrogens with one attached hydrogen (secondary N) is 1. The van der Waals surface area contributed by atoms with Crippen molar-refractivity contribution in [1.82, 2.24) is 0 Å². The van der Waals surface area contributed by atoms with Gasteiger partial charge in [-0.05, 0) is 54.1 Å². The van der Waals surface area contributed by atoms with Gasteiger partial charge in [0.05, 0.1) is 5.02 Å². The zero-order chi connectivity index (χ0) is 22.0. The molecule has 4 nitrogen and oxygen atoms in total. The van der Waals surface area contributed by atoms with Gasteiger partial charge >= 0.3 is 0 Å². The fourth-order valence-corrected chi connectivity index (χ4v) is 3.50. The summed E-state index contributed by atoms with van der Waals surface area (Å²) in [6, 6.07) is 21.1. The van der Waals surface area contributed by atoms with E-state index in [-0.39, 0.29) is 10.8 Å². The second-order valence-corrected chi connectivity index (χ2v) is 7.64. The van der Waals surface area contributed by atoms with Crippen LogP contribution in [0, 0.1) is 5.82 Å². The SMILES string of the molecule is O=C(Nc1ccc(Cl)cc1C(O)c1ccccc1)c1ccc(-c2ccc(F)c(Cl)c2)o1. The first-order valence-electron chi connectivity index (χ1n) is 9.31. The molecule has 1 aromatic heterocycles. The van der Waals surface area contributed by atoms with Crippen molar-refractivity contribution in [3.8, 4) is 11.3 Å². The van der Waals surface area contributed by atoms with Gasteiger partial charge in [0.25, 0.3) is 5.91 Å². The fraction of sp³-hybridized carbons (Fsp3) is 0.0417. The lowest BCUT2D eigenvalue weighted by Gasteiger charge is -2.17. The van der Waals surface area contributed by atoms with Gasteiger partial charge in [-0.2, -0.15) is 0 Å². The van der Waals surface area contributed by atoms with Crippen LogP contribution in [0.3, 0.4) is 0 Å². The number of carbonyl (C=O) groups is 1. The molecule has 1 amide bonds. The molecule has 0 saturated heterocycles. The second-order valence-electron chi connectivity index (χ2n) is 6.79. The molecular weight excluding hydrogens is 440 g/mol. The molecule has 156 valence electrons. The quantitative estimate of drug-likeness (QED) is 0.350. The van der Waals surface area contributed by atoms with Crippen molar-refractivity contribution < 1.29 is 18.7 Å². The highest BCUT2D eigenvalue weighted by Crippen LogP contribution is 2.32. The summed E-state index contributed by atoms with van der Waals surface area (Å²) in [6.07, 6.45) is -0.983. The Bertz CT molecular complexity index is 1240. The van der Waals surface area contributed by atoms with Crippen molar-refractivity contribution in [2.45, 2.75) is 6.10 Å². The Balaban J connectivity index is 1.59. The number of hydrogen-bond acceptors (Lipinski definition) is 3. The third-order valence-electron chi connectivity index (χ3n) is 4.71. The molecule has 3 aromatic carbocycles. The Kier molecular flexibility index (Phi) is 6.09. The molecular formula is C24H16Cl2FNO3. The Labute approximate surface area is 187 Å². The lowest BCUT2D eigenvalue weighted by Crippen LogP contribution is -2.14. The highest BCUT2D eigenvalue weighted by Gasteiger charge is 2.19. The number of amides is 1. The Morgan fingerprint density at radius 1 is 0.968 bits per heavy atom. The molecule has 7 heteroatoms. The summed E-state index contributed by atoms with van der Waals surface area (Å²) in [4.78, 5) is 12.8. The van der Waals surface area contributed by atoms with Crippen molar-refractivity contribution in [3.63, 3.8) is 0 Å². The van der Waals surface area contributed by atoms with Crippen molar-refractivity contribution in [2.75, 3.05) is 5.32 Å². The third-order valence-corrected chi connectivity index (χ3v) is 5.23. The zero-order valence-electron chi connectivity index (χ0n) is 16.0. The molecule has 0 fully saturated rings. The van der Waals surface area contributed by atoms with E-state index in [0.717, 1.165) is 0 Å². The predicted octanol–water partition coefficient (Wildman–Crippen LogP) is 6.73. The second kappa shape index (κ2) is 8.94. The van der Waals surface area contributed by atoms with Gasteiger partial charge in [-0.3, -0.25) is 4.79 Å². The van der Waals surface area contributed by atoms with E-state index in [4.69, 9.17) is 27.6 Å². The molecule has 0 spiro atoms. The van der Waals surface area contributed by atoms with Gasteiger partial charge in [-0.25, -0.2) is 4.39 Å². The molecule has 31 heavy (non-hydrogen) atoms. The molecule has 0 aliphatic carbocycles. The minimum atomic E-state index is -0.983. The van der Waals surface area contributed by atoms with Crippen LogP contribution in [-0.2, 0) is 0 Å². The fourth-order valence-electron chi connectivity index (χ4n) is 3.14. The van der Waals surface area contributed by atoms with Crippen LogP contribution in [0.5, 0.6) is 0 Å². The molecule has 4 aromatic rings. The van der Waals surface area contributed by atoms with Gasteiger partial charge in [0.15, 0.2) is 5.76 Å². The van der Waals surface area contributed by atoms with E-state index >= 15 is 0 Å². The van der Waals surface area contributed by atoms with Crippen molar-refractivity contribution in [2.24, 2.45) is 0 Å².